The van der Waals surface area contributed by atoms with Gasteiger partial charge >= 0.3 is 0 Å². The van der Waals surface area contributed by atoms with Gasteiger partial charge in [0.15, 0.2) is 0 Å². The smallest absolute Gasteiger partial charge is 0.257 e. The van der Waals surface area contributed by atoms with Gasteiger partial charge in [-0.1, -0.05) is 43.2 Å². The second-order valence-electron chi connectivity index (χ2n) is 7.34. The summed E-state index contributed by atoms with van der Waals surface area (Å²) in [5, 5.41) is 4.50. The number of amides is 1. The molecule has 0 spiro atoms. The van der Waals surface area contributed by atoms with Crippen molar-refractivity contribution < 1.29 is 4.79 Å². The van der Waals surface area contributed by atoms with Crippen LogP contribution in [0.5, 0.6) is 0 Å². The van der Waals surface area contributed by atoms with E-state index in [0.717, 1.165) is 36.3 Å². The van der Waals surface area contributed by atoms with Gasteiger partial charge in [0.2, 0.25) is 0 Å². The third kappa shape index (κ3) is 2.99. The largest absolute Gasteiger partial charge is 0.335 e. The minimum Gasteiger partial charge on any atom is -0.335 e. The molecule has 2 heterocycles. The predicted molar refractivity (Wildman–Crippen MR) is 99.4 cm³/mol. The Morgan fingerprint density at radius 1 is 1.12 bits per heavy atom. The number of benzene rings is 1. The van der Waals surface area contributed by atoms with Crippen molar-refractivity contribution in [1.29, 1.82) is 0 Å². The molecule has 0 N–H and O–H groups in total. The summed E-state index contributed by atoms with van der Waals surface area (Å²) in [4.78, 5) is 15.6. The van der Waals surface area contributed by atoms with Crippen molar-refractivity contribution in [2.24, 2.45) is 5.92 Å². The molecule has 1 aliphatic heterocycles. The number of likely N-dealkylation sites (tertiary alicyclic amines) is 1. The summed E-state index contributed by atoms with van der Waals surface area (Å²) in [5.41, 5.74) is 2.80. The zero-order valence-electron chi connectivity index (χ0n) is 15.0. The van der Waals surface area contributed by atoms with Crippen LogP contribution in [0, 0.1) is 5.92 Å². The summed E-state index contributed by atoms with van der Waals surface area (Å²) in [5.74, 6) is 0.878. The fourth-order valence-corrected chi connectivity index (χ4v) is 4.71. The first kappa shape index (κ1) is 16.4. The fourth-order valence-electron chi connectivity index (χ4n) is 4.71. The van der Waals surface area contributed by atoms with Gasteiger partial charge in [-0.2, -0.15) is 5.10 Å². The van der Waals surface area contributed by atoms with Crippen LogP contribution in [0.2, 0.25) is 0 Å². The Morgan fingerprint density at radius 3 is 2.68 bits per heavy atom. The van der Waals surface area contributed by atoms with E-state index in [-0.39, 0.29) is 5.91 Å². The summed E-state index contributed by atoms with van der Waals surface area (Å²) in [6.07, 6.45) is 9.23. The molecule has 1 aliphatic carbocycles. The van der Waals surface area contributed by atoms with E-state index in [1.807, 2.05) is 22.9 Å². The highest BCUT2D eigenvalue weighted by Gasteiger charge is 2.37. The molecule has 2 fully saturated rings. The molecule has 1 saturated carbocycles. The molecule has 2 aromatic rings. The standard InChI is InChI=1S/C21H27N3O/c1-2-24-20(17-10-4-3-5-11-17)18(15-22-24)21(25)23-14-8-12-16-9-6-7-13-19(16)23/h3-5,10-11,15-16,19H,2,6-9,12-14H2,1H3. The van der Waals surface area contributed by atoms with Crippen LogP contribution in [0.1, 0.15) is 55.8 Å². The first-order chi connectivity index (χ1) is 12.3. The molecule has 4 nitrogen and oxygen atoms in total. The Kier molecular flexibility index (Phi) is 4.60. The summed E-state index contributed by atoms with van der Waals surface area (Å²) in [7, 11) is 0. The molecule has 1 saturated heterocycles. The third-order valence-corrected chi connectivity index (χ3v) is 5.92. The Morgan fingerprint density at radius 2 is 1.88 bits per heavy atom. The second kappa shape index (κ2) is 7.03. The average Bonchev–Trinajstić information content (AvgIpc) is 3.12. The molecule has 1 aromatic carbocycles. The van der Waals surface area contributed by atoms with Crippen LogP contribution in [0.15, 0.2) is 36.5 Å². The fraction of sp³-hybridized carbons (Fsp3) is 0.524. The lowest BCUT2D eigenvalue weighted by molar-refractivity contribution is 0.0391. The normalized spacial score (nSPS) is 23.3. The highest BCUT2D eigenvalue weighted by molar-refractivity contribution is 6.00. The number of hydrogen-bond acceptors (Lipinski definition) is 2. The van der Waals surface area contributed by atoms with Gasteiger partial charge in [0.25, 0.3) is 5.91 Å². The molecule has 2 atom stereocenters. The number of piperidine rings is 1. The van der Waals surface area contributed by atoms with Crippen LogP contribution >= 0.6 is 0 Å². The maximum absolute atomic E-state index is 13.5. The van der Waals surface area contributed by atoms with Crippen LogP contribution in [-0.4, -0.2) is 33.2 Å². The summed E-state index contributed by atoms with van der Waals surface area (Å²) < 4.78 is 1.95. The predicted octanol–water partition coefficient (Wildman–Crippen LogP) is 4.36. The first-order valence-electron chi connectivity index (χ1n) is 9.71. The summed E-state index contributed by atoms with van der Waals surface area (Å²) in [6.45, 7) is 3.74. The molecule has 2 unspecified atom stereocenters. The van der Waals surface area contributed by atoms with Crippen molar-refractivity contribution >= 4 is 5.91 Å². The van der Waals surface area contributed by atoms with E-state index in [2.05, 4.69) is 29.1 Å². The van der Waals surface area contributed by atoms with Crippen LogP contribution < -0.4 is 0 Å². The van der Waals surface area contributed by atoms with E-state index < -0.39 is 0 Å². The Bertz CT molecular complexity index is 735. The average molecular weight is 337 g/mol. The summed E-state index contributed by atoms with van der Waals surface area (Å²) in [6, 6.07) is 10.6. The molecular formula is C21H27N3O. The first-order valence-corrected chi connectivity index (χ1v) is 9.71. The molecular weight excluding hydrogens is 310 g/mol. The van der Waals surface area contributed by atoms with E-state index >= 15 is 0 Å². The van der Waals surface area contributed by atoms with Gasteiger partial charge in [-0.3, -0.25) is 9.48 Å². The quantitative estimate of drug-likeness (QED) is 0.834. The molecule has 0 bridgehead atoms. The van der Waals surface area contributed by atoms with Crippen LogP contribution in [0.4, 0.5) is 0 Å². The van der Waals surface area contributed by atoms with Gasteiger partial charge in [0, 0.05) is 24.7 Å². The maximum atomic E-state index is 13.5. The highest BCUT2D eigenvalue weighted by atomic mass is 16.2. The lowest BCUT2D eigenvalue weighted by atomic mass is 9.78. The maximum Gasteiger partial charge on any atom is 0.257 e. The van der Waals surface area contributed by atoms with Gasteiger partial charge in [0.1, 0.15) is 0 Å². The minimum absolute atomic E-state index is 0.176. The number of aryl methyl sites for hydroxylation is 1. The molecule has 4 heteroatoms. The molecule has 2 aliphatic rings. The van der Waals surface area contributed by atoms with Gasteiger partial charge in [-0.05, 0) is 38.5 Å². The molecule has 1 aromatic heterocycles. The Hall–Kier alpha value is -2.10. The van der Waals surface area contributed by atoms with Crippen molar-refractivity contribution in [3.8, 4) is 11.3 Å². The number of hydrogen-bond donors (Lipinski definition) is 0. The van der Waals surface area contributed by atoms with Crippen molar-refractivity contribution in [2.75, 3.05) is 6.54 Å². The van der Waals surface area contributed by atoms with E-state index in [4.69, 9.17) is 0 Å². The lowest BCUT2D eigenvalue weighted by Crippen LogP contribution is -2.49. The second-order valence-corrected chi connectivity index (χ2v) is 7.34. The number of fused-ring (bicyclic) bond motifs is 1. The molecule has 0 radical (unpaired) electrons. The summed E-state index contributed by atoms with van der Waals surface area (Å²) >= 11 is 0. The number of rotatable bonds is 3. The van der Waals surface area contributed by atoms with Crippen molar-refractivity contribution in [3.05, 3.63) is 42.1 Å². The zero-order valence-corrected chi connectivity index (χ0v) is 15.0. The third-order valence-electron chi connectivity index (χ3n) is 5.92. The van der Waals surface area contributed by atoms with E-state index in [0.29, 0.717) is 12.0 Å². The number of carbonyl (C=O) groups excluding carboxylic acids is 1. The topological polar surface area (TPSA) is 38.1 Å². The van der Waals surface area contributed by atoms with Crippen molar-refractivity contribution in [2.45, 2.75) is 58.0 Å². The van der Waals surface area contributed by atoms with Gasteiger partial charge in [-0.25, -0.2) is 0 Å². The molecule has 1 amide bonds. The van der Waals surface area contributed by atoms with Crippen molar-refractivity contribution in [1.82, 2.24) is 14.7 Å². The lowest BCUT2D eigenvalue weighted by Gasteiger charge is -2.44. The van der Waals surface area contributed by atoms with Crippen LogP contribution in [0.3, 0.4) is 0 Å². The zero-order chi connectivity index (χ0) is 17.2. The van der Waals surface area contributed by atoms with Crippen LogP contribution in [0.25, 0.3) is 11.3 Å². The van der Waals surface area contributed by atoms with E-state index in [9.17, 15) is 4.79 Å². The number of nitrogens with zero attached hydrogens (tertiary/aromatic N) is 3. The van der Waals surface area contributed by atoms with Crippen molar-refractivity contribution in [3.63, 3.8) is 0 Å². The Balaban J connectivity index is 1.69. The minimum atomic E-state index is 0.176. The molecule has 132 valence electrons. The SMILES string of the molecule is CCn1ncc(C(=O)N2CCCC3CCCCC32)c1-c1ccccc1. The Labute approximate surface area is 149 Å². The van der Waals surface area contributed by atoms with Gasteiger partial charge in [-0.15, -0.1) is 0 Å². The van der Waals surface area contributed by atoms with E-state index in [1.54, 1.807) is 6.20 Å². The van der Waals surface area contributed by atoms with Gasteiger partial charge < -0.3 is 4.90 Å². The molecule has 4 rings (SSSR count). The highest BCUT2D eigenvalue weighted by Crippen LogP contribution is 2.37. The van der Waals surface area contributed by atoms with Crippen LogP contribution in [-0.2, 0) is 6.54 Å². The van der Waals surface area contributed by atoms with Gasteiger partial charge in [0.05, 0.1) is 17.5 Å². The van der Waals surface area contributed by atoms with E-state index in [1.165, 1.54) is 32.1 Å². The molecule has 25 heavy (non-hydrogen) atoms. The number of carbonyl (C=O) groups is 1. The number of aromatic nitrogens is 2. The monoisotopic (exact) mass is 337 g/mol.